The third-order valence-corrected chi connectivity index (χ3v) is 3.11. The molecular formula is C17H18N2O2. The van der Waals surface area contributed by atoms with Crippen molar-refractivity contribution in [1.29, 1.82) is 0 Å². The second kappa shape index (κ2) is 6.79. The molecule has 21 heavy (non-hydrogen) atoms. The molecule has 0 spiro atoms. The van der Waals surface area contributed by atoms with Crippen LogP contribution in [0.5, 0.6) is 0 Å². The summed E-state index contributed by atoms with van der Waals surface area (Å²) in [6.45, 7) is 4.28. The lowest BCUT2D eigenvalue weighted by Gasteiger charge is -2.04. The average Bonchev–Trinajstić information content (AvgIpc) is 2.53. The van der Waals surface area contributed by atoms with Crippen molar-refractivity contribution in [2.45, 2.75) is 19.8 Å². The number of benzene rings is 2. The molecule has 0 aliphatic carbocycles. The van der Waals surface area contributed by atoms with Crippen molar-refractivity contribution in [2.24, 2.45) is 10.2 Å². The minimum Gasteiger partial charge on any atom is -0.465 e. The molecule has 0 atom stereocenters. The molecule has 0 aliphatic heterocycles. The first-order valence-electron chi connectivity index (χ1n) is 6.80. The Hall–Kier alpha value is -2.49. The van der Waals surface area contributed by atoms with E-state index in [0.717, 1.165) is 5.69 Å². The highest BCUT2D eigenvalue weighted by Gasteiger charge is 2.04. The Morgan fingerprint density at radius 3 is 2.29 bits per heavy atom. The minimum atomic E-state index is -0.358. The zero-order valence-electron chi connectivity index (χ0n) is 12.4. The van der Waals surface area contributed by atoms with Crippen LogP contribution in [0.1, 0.15) is 35.7 Å². The van der Waals surface area contributed by atoms with Gasteiger partial charge in [-0.25, -0.2) is 4.79 Å². The standard InChI is InChI=1S/C17H18N2O2/c1-12(2)14-5-4-6-16(11-14)19-18-15-9-7-13(8-10-15)17(20)21-3/h4-12H,1-3H3. The summed E-state index contributed by atoms with van der Waals surface area (Å²) in [7, 11) is 1.36. The Morgan fingerprint density at radius 2 is 1.67 bits per heavy atom. The summed E-state index contributed by atoms with van der Waals surface area (Å²) in [5, 5.41) is 8.40. The molecule has 0 unspecified atom stereocenters. The van der Waals surface area contributed by atoms with E-state index < -0.39 is 0 Å². The second-order valence-electron chi connectivity index (χ2n) is 4.99. The lowest BCUT2D eigenvalue weighted by molar-refractivity contribution is 0.0601. The summed E-state index contributed by atoms with van der Waals surface area (Å²) >= 11 is 0. The molecule has 0 saturated heterocycles. The highest BCUT2D eigenvalue weighted by Crippen LogP contribution is 2.23. The van der Waals surface area contributed by atoms with Gasteiger partial charge in [-0.3, -0.25) is 0 Å². The molecule has 4 heteroatoms. The normalized spacial score (nSPS) is 11.0. The molecule has 0 N–H and O–H groups in total. The van der Waals surface area contributed by atoms with E-state index in [1.165, 1.54) is 12.7 Å². The van der Waals surface area contributed by atoms with Crippen LogP contribution in [0, 0.1) is 0 Å². The number of esters is 1. The van der Waals surface area contributed by atoms with E-state index in [1.54, 1.807) is 24.3 Å². The maximum Gasteiger partial charge on any atom is 0.337 e. The van der Waals surface area contributed by atoms with Crippen molar-refractivity contribution in [1.82, 2.24) is 0 Å². The van der Waals surface area contributed by atoms with Crippen LogP contribution >= 0.6 is 0 Å². The van der Waals surface area contributed by atoms with Crippen LogP contribution in [-0.4, -0.2) is 13.1 Å². The first-order chi connectivity index (χ1) is 10.1. The molecular weight excluding hydrogens is 264 g/mol. The smallest absolute Gasteiger partial charge is 0.337 e. The number of carbonyl (C=O) groups is 1. The molecule has 0 radical (unpaired) electrons. The van der Waals surface area contributed by atoms with E-state index >= 15 is 0 Å². The monoisotopic (exact) mass is 282 g/mol. The van der Waals surface area contributed by atoms with E-state index in [4.69, 9.17) is 0 Å². The molecule has 2 rings (SSSR count). The molecule has 0 bridgehead atoms. The summed E-state index contributed by atoms with van der Waals surface area (Å²) in [6.07, 6.45) is 0. The van der Waals surface area contributed by atoms with E-state index in [9.17, 15) is 4.79 Å². The number of methoxy groups -OCH3 is 1. The van der Waals surface area contributed by atoms with Crippen LogP contribution in [0.25, 0.3) is 0 Å². The Morgan fingerprint density at radius 1 is 1.00 bits per heavy atom. The fraction of sp³-hybridized carbons (Fsp3) is 0.235. The third kappa shape index (κ3) is 3.99. The topological polar surface area (TPSA) is 51.0 Å². The number of ether oxygens (including phenoxy) is 1. The van der Waals surface area contributed by atoms with Crippen molar-refractivity contribution in [3.05, 3.63) is 59.7 Å². The number of carbonyl (C=O) groups excluding carboxylic acids is 1. The fourth-order valence-corrected chi connectivity index (χ4v) is 1.84. The highest BCUT2D eigenvalue weighted by molar-refractivity contribution is 5.89. The summed E-state index contributed by atoms with van der Waals surface area (Å²) < 4.78 is 4.65. The van der Waals surface area contributed by atoms with Crippen LogP contribution in [-0.2, 0) is 4.74 Å². The molecule has 0 aliphatic rings. The Balaban J connectivity index is 2.14. The maximum absolute atomic E-state index is 11.3. The predicted octanol–water partition coefficient (Wildman–Crippen LogP) is 5.01. The molecule has 0 amide bonds. The number of hydrogen-bond donors (Lipinski definition) is 0. The number of rotatable bonds is 4. The quantitative estimate of drug-likeness (QED) is 0.584. The van der Waals surface area contributed by atoms with Gasteiger partial charge in [0.25, 0.3) is 0 Å². The largest absolute Gasteiger partial charge is 0.465 e. The Labute approximate surface area is 124 Å². The average molecular weight is 282 g/mol. The third-order valence-electron chi connectivity index (χ3n) is 3.11. The molecule has 0 fully saturated rings. The highest BCUT2D eigenvalue weighted by atomic mass is 16.5. The predicted molar refractivity (Wildman–Crippen MR) is 82.5 cm³/mol. The Kier molecular flexibility index (Phi) is 4.82. The van der Waals surface area contributed by atoms with Crippen molar-refractivity contribution in [3.63, 3.8) is 0 Å². The van der Waals surface area contributed by atoms with Gasteiger partial charge in [0.2, 0.25) is 0 Å². The van der Waals surface area contributed by atoms with Gasteiger partial charge in [0.1, 0.15) is 0 Å². The van der Waals surface area contributed by atoms with E-state index in [0.29, 0.717) is 17.2 Å². The van der Waals surface area contributed by atoms with Gasteiger partial charge in [0.15, 0.2) is 0 Å². The van der Waals surface area contributed by atoms with E-state index in [1.807, 2.05) is 18.2 Å². The zero-order chi connectivity index (χ0) is 15.2. The van der Waals surface area contributed by atoms with Crippen LogP contribution < -0.4 is 0 Å². The van der Waals surface area contributed by atoms with Crippen molar-refractivity contribution in [3.8, 4) is 0 Å². The van der Waals surface area contributed by atoms with Crippen LogP contribution in [0.15, 0.2) is 58.8 Å². The van der Waals surface area contributed by atoms with Crippen LogP contribution in [0.3, 0.4) is 0 Å². The molecule has 108 valence electrons. The van der Waals surface area contributed by atoms with E-state index in [-0.39, 0.29) is 5.97 Å². The summed E-state index contributed by atoms with van der Waals surface area (Å²) in [5.41, 5.74) is 3.24. The maximum atomic E-state index is 11.3. The van der Waals surface area contributed by atoms with Gasteiger partial charge < -0.3 is 4.74 Å². The minimum absolute atomic E-state index is 0.358. The Bertz CT molecular complexity index is 646. The van der Waals surface area contributed by atoms with Gasteiger partial charge >= 0.3 is 5.97 Å². The molecule has 2 aromatic rings. The van der Waals surface area contributed by atoms with Gasteiger partial charge in [-0.2, -0.15) is 10.2 Å². The van der Waals surface area contributed by atoms with Gasteiger partial charge in [-0.1, -0.05) is 26.0 Å². The lowest BCUT2D eigenvalue weighted by atomic mass is 10.0. The number of hydrogen-bond acceptors (Lipinski definition) is 4. The van der Waals surface area contributed by atoms with Crippen LogP contribution in [0.2, 0.25) is 0 Å². The van der Waals surface area contributed by atoms with Crippen molar-refractivity contribution in [2.75, 3.05) is 7.11 Å². The molecule has 2 aromatic carbocycles. The molecule has 4 nitrogen and oxygen atoms in total. The van der Waals surface area contributed by atoms with Crippen molar-refractivity contribution < 1.29 is 9.53 Å². The van der Waals surface area contributed by atoms with Gasteiger partial charge in [-0.15, -0.1) is 0 Å². The fourth-order valence-electron chi connectivity index (χ4n) is 1.84. The molecule has 0 aromatic heterocycles. The zero-order valence-corrected chi connectivity index (χ0v) is 12.4. The second-order valence-corrected chi connectivity index (χ2v) is 4.99. The summed E-state index contributed by atoms with van der Waals surface area (Å²) in [5.74, 6) is 0.0996. The molecule has 0 saturated carbocycles. The van der Waals surface area contributed by atoms with Gasteiger partial charge in [-0.05, 0) is 47.9 Å². The van der Waals surface area contributed by atoms with E-state index in [2.05, 4.69) is 34.9 Å². The molecule has 0 heterocycles. The number of nitrogens with zero attached hydrogens (tertiary/aromatic N) is 2. The van der Waals surface area contributed by atoms with Crippen LogP contribution in [0.4, 0.5) is 11.4 Å². The summed E-state index contributed by atoms with van der Waals surface area (Å²) in [6, 6.07) is 14.8. The summed E-state index contributed by atoms with van der Waals surface area (Å²) in [4.78, 5) is 11.3. The van der Waals surface area contributed by atoms with Gasteiger partial charge in [0, 0.05) is 0 Å². The van der Waals surface area contributed by atoms with Crippen molar-refractivity contribution >= 4 is 17.3 Å². The number of azo groups is 1. The first-order valence-corrected chi connectivity index (χ1v) is 6.80. The first kappa shape index (κ1) is 14.9. The SMILES string of the molecule is COC(=O)c1ccc(N=Nc2cccc(C(C)C)c2)cc1. The lowest BCUT2D eigenvalue weighted by Crippen LogP contribution is -1.99. The van der Waals surface area contributed by atoms with Gasteiger partial charge in [0.05, 0.1) is 24.0 Å².